The Kier molecular flexibility index (Phi) is 13.4. The van der Waals surface area contributed by atoms with Gasteiger partial charge in [0, 0.05) is 50.0 Å². The molecule has 1 saturated heterocycles. The molecule has 1 aliphatic heterocycles. The number of carbonyl (C=O) groups is 2. The Morgan fingerprint density at radius 2 is 1.52 bits per heavy atom. The van der Waals surface area contributed by atoms with Crippen LogP contribution in [0.1, 0.15) is 36.8 Å². The van der Waals surface area contributed by atoms with Gasteiger partial charge in [-0.05, 0) is 74.3 Å². The van der Waals surface area contributed by atoms with Crippen LogP contribution in [0, 0.1) is 0 Å². The number of urea groups is 1. The number of alkyl halides is 6. The molecule has 0 bridgehead atoms. The third kappa shape index (κ3) is 12.1. The fraction of sp³-hybridized carbons (Fsp3) is 0.364. The molecule has 3 aromatic rings. The third-order valence-corrected chi connectivity index (χ3v) is 7.40. The topological polar surface area (TPSA) is 203 Å². The zero-order valence-electron chi connectivity index (χ0n) is 27.7. The van der Waals surface area contributed by atoms with Crippen molar-refractivity contribution in [2.45, 2.75) is 44.1 Å². The molecule has 1 atom stereocenters. The van der Waals surface area contributed by atoms with Crippen LogP contribution in [-0.4, -0.2) is 56.7 Å². The average molecular weight is 740 g/mol. The molecule has 1 heterocycles. The molecule has 0 spiro atoms. The number of nitrogens with two attached hydrogens (primary N) is 3. The number of aliphatic imine (C=N–C) groups is 1. The van der Waals surface area contributed by atoms with Crippen molar-refractivity contribution in [3.63, 3.8) is 0 Å². The van der Waals surface area contributed by atoms with Crippen LogP contribution in [0.4, 0.5) is 53.9 Å². The van der Waals surface area contributed by atoms with E-state index in [0.717, 1.165) is 18.2 Å². The van der Waals surface area contributed by atoms with Gasteiger partial charge in [0.2, 0.25) is 5.91 Å². The molecule has 1 unspecified atom stereocenters. The van der Waals surface area contributed by atoms with Gasteiger partial charge in [-0.3, -0.25) is 9.79 Å². The van der Waals surface area contributed by atoms with Gasteiger partial charge < -0.3 is 53.3 Å². The normalized spacial score (nSPS) is 14.3. The predicted molar refractivity (Wildman–Crippen MR) is 185 cm³/mol. The van der Waals surface area contributed by atoms with Crippen molar-refractivity contribution in [3.05, 3.63) is 65.7 Å². The summed E-state index contributed by atoms with van der Waals surface area (Å²) in [5, 5.41) is 13.2. The second-order valence-corrected chi connectivity index (χ2v) is 11.6. The fourth-order valence-corrected chi connectivity index (χ4v) is 4.99. The van der Waals surface area contributed by atoms with Gasteiger partial charge in [0.25, 0.3) is 0 Å². The molecule has 52 heavy (non-hydrogen) atoms. The number of anilines is 4. The summed E-state index contributed by atoms with van der Waals surface area (Å²) in [5.74, 6) is -0.853. The zero-order chi connectivity index (χ0) is 37.9. The van der Waals surface area contributed by atoms with Crippen LogP contribution >= 0.6 is 0 Å². The van der Waals surface area contributed by atoms with Crippen LogP contribution in [0.3, 0.4) is 0 Å². The summed E-state index contributed by atoms with van der Waals surface area (Å²) < 4.78 is 94.1. The van der Waals surface area contributed by atoms with Crippen LogP contribution in [-0.2, 0) is 17.1 Å². The SMILES string of the molecule is NCCNc1cc(Oc2ccc(NC(=O)Nc3cc(C(F)(F)F)cc(NC(=O)CCCCN=C(N)N)c3OC3CCNC3)cc2)cc(C(F)(F)F)c1. The number of amides is 3. The number of carbonyl (C=O) groups excluding carboxylic acids is 2. The van der Waals surface area contributed by atoms with E-state index in [4.69, 9.17) is 26.7 Å². The molecule has 282 valence electrons. The molecule has 0 aromatic heterocycles. The molecule has 1 fully saturated rings. The number of unbranched alkanes of at least 4 members (excludes halogenated alkanes) is 1. The van der Waals surface area contributed by atoms with E-state index < -0.39 is 41.5 Å². The summed E-state index contributed by atoms with van der Waals surface area (Å²) in [6, 6.07) is 9.11. The number of rotatable bonds is 15. The first-order valence-electron chi connectivity index (χ1n) is 16.1. The lowest BCUT2D eigenvalue weighted by Gasteiger charge is -2.22. The Balaban J connectivity index is 1.52. The molecule has 4 rings (SSSR count). The van der Waals surface area contributed by atoms with E-state index in [1.54, 1.807) is 0 Å². The minimum absolute atomic E-state index is 0.0519. The number of nitrogens with one attached hydrogen (secondary N) is 5. The van der Waals surface area contributed by atoms with E-state index in [9.17, 15) is 35.9 Å². The van der Waals surface area contributed by atoms with E-state index in [-0.39, 0.29) is 72.0 Å². The molecule has 0 saturated carbocycles. The Morgan fingerprint density at radius 3 is 2.13 bits per heavy atom. The van der Waals surface area contributed by atoms with Crippen molar-refractivity contribution >= 4 is 40.6 Å². The van der Waals surface area contributed by atoms with Crippen molar-refractivity contribution < 1.29 is 45.4 Å². The number of hydrogen-bond acceptors (Lipinski definition) is 8. The molecule has 0 radical (unpaired) electrons. The van der Waals surface area contributed by atoms with Crippen LogP contribution in [0.5, 0.6) is 17.2 Å². The minimum atomic E-state index is -4.85. The maximum Gasteiger partial charge on any atom is 0.416 e. The van der Waals surface area contributed by atoms with E-state index in [2.05, 4.69) is 31.6 Å². The van der Waals surface area contributed by atoms with Crippen molar-refractivity contribution in [2.75, 3.05) is 54.0 Å². The Hall–Kier alpha value is -5.43. The standard InChI is InChI=1S/C33H39F6N9O4/c34-32(35,36)19-13-22(44-12-9-40)17-25(14-19)51-23-6-4-21(5-7-23)46-31(50)48-27-16-20(33(37,38)39)15-26(29(27)52-24-8-11-43-18-24)47-28(49)3-1-2-10-45-30(41)42/h4-7,13-17,24,43-44H,1-3,8-12,18,40H2,(H,47,49)(H4,41,42,45)(H2,46,48,50). The summed E-state index contributed by atoms with van der Waals surface area (Å²) in [7, 11) is 0. The molecule has 3 amide bonds. The van der Waals surface area contributed by atoms with Gasteiger partial charge in [-0.15, -0.1) is 0 Å². The summed E-state index contributed by atoms with van der Waals surface area (Å²) in [5.41, 5.74) is 13.6. The van der Waals surface area contributed by atoms with E-state index in [1.807, 2.05) is 0 Å². The van der Waals surface area contributed by atoms with Crippen LogP contribution in [0.2, 0.25) is 0 Å². The lowest BCUT2D eigenvalue weighted by Crippen LogP contribution is -2.25. The van der Waals surface area contributed by atoms with Gasteiger partial charge in [0.15, 0.2) is 11.7 Å². The number of hydrogen-bond donors (Lipinski definition) is 8. The summed E-state index contributed by atoms with van der Waals surface area (Å²) >= 11 is 0. The number of halogens is 6. The Morgan fingerprint density at radius 1 is 0.846 bits per heavy atom. The highest BCUT2D eigenvalue weighted by molar-refractivity contribution is 6.02. The summed E-state index contributed by atoms with van der Waals surface area (Å²) in [6.07, 6.45) is -8.70. The number of benzene rings is 3. The Bertz CT molecular complexity index is 1710. The Labute approximate surface area is 294 Å². The first-order valence-corrected chi connectivity index (χ1v) is 16.1. The molecule has 0 aliphatic carbocycles. The highest BCUT2D eigenvalue weighted by Crippen LogP contribution is 2.42. The highest BCUT2D eigenvalue weighted by Gasteiger charge is 2.34. The molecule has 11 N–H and O–H groups in total. The highest BCUT2D eigenvalue weighted by atomic mass is 19.4. The number of nitrogens with zero attached hydrogens (tertiary/aromatic N) is 1. The third-order valence-electron chi connectivity index (χ3n) is 7.40. The first kappa shape index (κ1) is 39.4. The smallest absolute Gasteiger partial charge is 0.416 e. The van der Waals surface area contributed by atoms with Crippen molar-refractivity contribution in [2.24, 2.45) is 22.2 Å². The van der Waals surface area contributed by atoms with Crippen LogP contribution in [0.25, 0.3) is 0 Å². The number of ether oxygens (including phenoxy) is 2. The van der Waals surface area contributed by atoms with Crippen molar-refractivity contribution in [1.82, 2.24) is 5.32 Å². The zero-order valence-corrected chi connectivity index (χ0v) is 27.7. The van der Waals surface area contributed by atoms with Gasteiger partial charge in [-0.1, -0.05) is 0 Å². The molecular weight excluding hydrogens is 700 g/mol. The molecular formula is C33H39F6N9O4. The lowest BCUT2D eigenvalue weighted by atomic mass is 10.1. The van der Waals surface area contributed by atoms with Gasteiger partial charge in [0.05, 0.1) is 22.5 Å². The quantitative estimate of drug-likeness (QED) is 0.0419. The van der Waals surface area contributed by atoms with Gasteiger partial charge in [-0.2, -0.15) is 26.3 Å². The van der Waals surface area contributed by atoms with E-state index in [1.165, 1.54) is 30.3 Å². The second kappa shape index (κ2) is 17.7. The first-order chi connectivity index (χ1) is 24.6. The van der Waals surface area contributed by atoms with Crippen molar-refractivity contribution in [1.29, 1.82) is 0 Å². The molecule has 3 aromatic carbocycles. The van der Waals surface area contributed by atoms with Crippen LogP contribution < -0.4 is 53.3 Å². The van der Waals surface area contributed by atoms with E-state index >= 15 is 0 Å². The molecule has 19 heteroatoms. The summed E-state index contributed by atoms with van der Waals surface area (Å²) in [6.45, 7) is 1.66. The largest absolute Gasteiger partial charge is 0.485 e. The van der Waals surface area contributed by atoms with Gasteiger partial charge in [-0.25, -0.2) is 4.79 Å². The predicted octanol–water partition coefficient (Wildman–Crippen LogP) is 5.65. The van der Waals surface area contributed by atoms with E-state index in [0.29, 0.717) is 38.4 Å². The van der Waals surface area contributed by atoms with Crippen LogP contribution in [0.15, 0.2) is 59.6 Å². The van der Waals surface area contributed by atoms with Gasteiger partial charge in [0.1, 0.15) is 17.6 Å². The number of guanidine groups is 1. The maximum absolute atomic E-state index is 14.0. The lowest BCUT2D eigenvalue weighted by molar-refractivity contribution is -0.138. The monoisotopic (exact) mass is 739 g/mol. The average Bonchev–Trinajstić information content (AvgIpc) is 3.58. The molecule has 13 nitrogen and oxygen atoms in total. The fourth-order valence-electron chi connectivity index (χ4n) is 4.99. The maximum atomic E-state index is 14.0. The second-order valence-electron chi connectivity index (χ2n) is 11.6. The van der Waals surface area contributed by atoms with Crippen molar-refractivity contribution in [3.8, 4) is 17.2 Å². The summed E-state index contributed by atoms with van der Waals surface area (Å²) in [4.78, 5) is 29.7. The minimum Gasteiger partial charge on any atom is -0.485 e. The van der Waals surface area contributed by atoms with Gasteiger partial charge >= 0.3 is 18.4 Å². The molecule has 1 aliphatic rings.